The number of carbonyl (C=O) groups is 1. The number of nitrogens with one attached hydrogen (secondary N) is 1. The second kappa shape index (κ2) is 4.93. The molecule has 15 heavy (non-hydrogen) atoms. The van der Waals surface area contributed by atoms with Crippen LogP contribution >= 0.6 is 0 Å². The van der Waals surface area contributed by atoms with Crippen molar-refractivity contribution in [1.82, 2.24) is 15.1 Å². The largest absolute Gasteiger partial charge is 0.480 e. The van der Waals surface area contributed by atoms with Gasteiger partial charge in [0.05, 0.1) is 11.4 Å². The minimum absolute atomic E-state index is 0.525. The van der Waals surface area contributed by atoms with Gasteiger partial charge in [0.1, 0.15) is 6.04 Å². The van der Waals surface area contributed by atoms with Gasteiger partial charge in [0.2, 0.25) is 0 Å². The summed E-state index contributed by atoms with van der Waals surface area (Å²) < 4.78 is 1.78. The number of aromatic nitrogens is 2. The summed E-state index contributed by atoms with van der Waals surface area (Å²) in [5, 5.41) is 15.9. The van der Waals surface area contributed by atoms with Gasteiger partial charge in [0.15, 0.2) is 0 Å². The van der Waals surface area contributed by atoms with E-state index in [1.165, 1.54) is 0 Å². The number of rotatable bonds is 5. The Balaban J connectivity index is 2.57. The summed E-state index contributed by atoms with van der Waals surface area (Å²) in [5.41, 5.74) is 2.03. The molecule has 0 aliphatic carbocycles. The van der Waals surface area contributed by atoms with E-state index in [1.807, 2.05) is 20.0 Å². The highest BCUT2D eigenvalue weighted by atomic mass is 16.4. The van der Waals surface area contributed by atoms with Crippen molar-refractivity contribution in [3.63, 3.8) is 0 Å². The highest BCUT2D eigenvalue weighted by Crippen LogP contribution is 2.03. The van der Waals surface area contributed by atoms with E-state index in [0.717, 1.165) is 17.8 Å². The Morgan fingerprint density at radius 1 is 1.73 bits per heavy atom. The minimum atomic E-state index is -0.840. The summed E-state index contributed by atoms with van der Waals surface area (Å²) in [5.74, 6) is -0.840. The van der Waals surface area contributed by atoms with Crippen LogP contribution in [0.3, 0.4) is 0 Å². The molecular formula is C10H17N3O2. The van der Waals surface area contributed by atoms with E-state index in [4.69, 9.17) is 5.11 Å². The molecule has 1 rings (SSSR count). The first-order valence-electron chi connectivity index (χ1n) is 5.02. The lowest BCUT2D eigenvalue weighted by atomic mass is 10.3. The van der Waals surface area contributed by atoms with Gasteiger partial charge in [-0.15, -0.1) is 0 Å². The standard InChI is InChI=1S/C10H17N3O2/c1-4-8-5-9(13(3)12-8)6-11-7(2)10(14)15/h5,7,11H,4,6H2,1-3H3,(H,14,15). The van der Waals surface area contributed by atoms with E-state index in [-0.39, 0.29) is 0 Å². The quantitative estimate of drug-likeness (QED) is 0.746. The van der Waals surface area contributed by atoms with Crippen LogP contribution < -0.4 is 5.32 Å². The van der Waals surface area contributed by atoms with Crippen molar-refractivity contribution in [2.45, 2.75) is 32.9 Å². The molecule has 1 aromatic rings. The molecule has 2 N–H and O–H groups in total. The van der Waals surface area contributed by atoms with Gasteiger partial charge in [0, 0.05) is 13.6 Å². The van der Waals surface area contributed by atoms with Crippen LogP contribution in [0.1, 0.15) is 25.2 Å². The fraction of sp³-hybridized carbons (Fsp3) is 0.600. The summed E-state index contributed by atoms with van der Waals surface area (Å²) in [6.07, 6.45) is 0.891. The Morgan fingerprint density at radius 2 is 2.40 bits per heavy atom. The fourth-order valence-electron chi connectivity index (χ4n) is 1.25. The van der Waals surface area contributed by atoms with Gasteiger partial charge in [-0.1, -0.05) is 6.92 Å². The van der Waals surface area contributed by atoms with Crippen LogP contribution in [-0.4, -0.2) is 26.9 Å². The summed E-state index contributed by atoms with van der Waals surface area (Å²) in [6.45, 7) is 4.19. The highest BCUT2D eigenvalue weighted by molar-refractivity contribution is 5.72. The molecule has 0 saturated carbocycles. The lowest BCUT2D eigenvalue weighted by molar-refractivity contribution is -0.139. The van der Waals surface area contributed by atoms with Gasteiger partial charge in [-0.25, -0.2) is 0 Å². The van der Waals surface area contributed by atoms with E-state index in [9.17, 15) is 4.79 Å². The normalized spacial score (nSPS) is 12.7. The van der Waals surface area contributed by atoms with Crippen molar-refractivity contribution in [2.75, 3.05) is 0 Å². The van der Waals surface area contributed by atoms with E-state index in [2.05, 4.69) is 10.4 Å². The molecule has 0 aromatic carbocycles. The molecule has 5 heteroatoms. The van der Waals surface area contributed by atoms with Crippen LogP contribution in [0, 0.1) is 0 Å². The van der Waals surface area contributed by atoms with Crippen LogP contribution in [-0.2, 0) is 24.8 Å². The van der Waals surface area contributed by atoms with Crippen molar-refractivity contribution in [3.05, 3.63) is 17.5 Å². The molecule has 0 bridgehead atoms. The zero-order chi connectivity index (χ0) is 11.4. The average molecular weight is 211 g/mol. The van der Waals surface area contributed by atoms with Gasteiger partial charge >= 0.3 is 5.97 Å². The molecule has 0 fully saturated rings. The molecule has 0 aliphatic rings. The van der Waals surface area contributed by atoms with Crippen molar-refractivity contribution in [2.24, 2.45) is 7.05 Å². The number of carboxylic acid groups (broad SMARTS) is 1. The van der Waals surface area contributed by atoms with Crippen molar-refractivity contribution in [3.8, 4) is 0 Å². The average Bonchev–Trinajstić information content (AvgIpc) is 2.55. The molecule has 0 spiro atoms. The van der Waals surface area contributed by atoms with Crippen LogP contribution in [0.15, 0.2) is 6.07 Å². The summed E-state index contributed by atoms with van der Waals surface area (Å²) in [4.78, 5) is 10.6. The molecule has 1 aromatic heterocycles. The van der Waals surface area contributed by atoms with Gasteiger partial charge in [-0.2, -0.15) is 5.10 Å². The third-order valence-corrected chi connectivity index (χ3v) is 2.35. The van der Waals surface area contributed by atoms with Crippen LogP contribution in [0.2, 0.25) is 0 Å². The van der Waals surface area contributed by atoms with Crippen molar-refractivity contribution >= 4 is 5.97 Å². The maximum atomic E-state index is 10.6. The zero-order valence-electron chi connectivity index (χ0n) is 9.32. The van der Waals surface area contributed by atoms with Gasteiger partial charge in [-0.05, 0) is 19.4 Å². The fourth-order valence-corrected chi connectivity index (χ4v) is 1.25. The van der Waals surface area contributed by atoms with Crippen LogP contribution in [0.25, 0.3) is 0 Å². The Kier molecular flexibility index (Phi) is 3.85. The third-order valence-electron chi connectivity index (χ3n) is 2.35. The second-order valence-electron chi connectivity index (χ2n) is 3.54. The molecule has 1 unspecified atom stereocenters. The van der Waals surface area contributed by atoms with E-state index < -0.39 is 12.0 Å². The lowest BCUT2D eigenvalue weighted by Crippen LogP contribution is -2.33. The predicted octanol–water partition coefficient (Wildman–Crippen LogP) is 0.545. The number of hydrogen-bond donors (Lipinski definition) is 2. The zero-order valence-corrected chi connectivity index (χ0v) is 9.32. The SMILES string of the molecule is CCc1cc(CNC(C)C(=O)O)n(C)n1. The summed E-state index contributed by atoms with van der Waals surface area (Å²) >= 11 is 0. The molecule has 5 nitrogen and oxygen atoms in total. The molecule has 0 saturated heterocycles. The molecule has 1 atom stereocenters. The number of aryl methyl sites for hydroxylation is 2. The number of carboxylic acids is 1. The molecule has 0 aliphatic heterocycles. The van der Waals surface area contributed by atoms with E-state index in [1.54, 1.807) is 11.6 Å². The highest BCUT2D eigenvalue weighted by Gasteiger charge is 2.11. The Hall–Kier alpha value is -1.36. The van der Waals surface area contributed by atoms with Gasteiger partial charge in [-0.3, -0.25) is 14.8 Å². The first kappa shape index (κ1) is 11.7. The van der Waals surface area contributed by atoms with E-state index in [0.29, 0.717) is 6.54 Å². The maximum Gasteiger partial charge on any atom is 0.320 e. The Bertz CT molecular complexity index is 346. The van der Waals surface area contributed by atoms with Gasteiger partial charge < -0.3 is 5.11 Å². The number of nitrogens with zero attached hydrogens (tertiary/aromatic N) is 2. The van der Waals surface area contributed by atoms with Crippen molar-refractivity contribution in [1.29, 1.82) is 0 Å². The number of hydrogen-bond acceptors (Lipinski definition) is 3. The molecule has 0 radical (unpaired) electrons. The maximum absolute atomic E-state index is 10.6. The van der Waals surface area contributed by atoms with E-state index >= 15 is 0 Å². The van der Waals surface area contributed by atoms with Crippen molar-refractivity contribution < 1.29 is 9.90 Å². The first-order chi connectivity index (χ1) is 7.04. The Labute approximate surface area is 89.1 Å². The lowest BCUT2D eigenvalue weighted by Gasteiger charge is -2.08. The van der Waals surface area contributed by atoms with Gasteiger partial charge in [0.25, 0.3) is 0 Å². The number of aliphatic carboxylic acids is 1. The summed E-state index contributed by atoms with van der Waals surface area (Å²) in [6, 6.07) is 1.45. The Morgan fingerprint density at radius 3 is 2.87 bits per heavy atom. The van der Waals surface area contributed by atoms with Crippen LogP contribution in [0.4, 0.5) is 0 Å². The monoisotopic (exact) mass is 211 g/mol. The van der Waals surface area contributed by atoms with Crippen LogP contribution in [0.5, 0.6) is 0 Å². The predicted molar refractivity (Wildman–Crippen MR) is 56.5 cm³/mol. The first-order valence-corrected chi connectivity index (χ1v) is 5.02. The second-order valence-corrected chi connectivity index (χ2v) is 3.54. The third kappa shape index (κ3) is 3.06. The topological polar surface area (TPSA) is 67.2 Å². The molecule has 84 valence electrons. The minimum Gasteiger partial charge on any atom is -0.480 e. The molecular weight excluding hydrogens is 194 g/mol. The molecule has 1 heterocycles. The molecule has 0 amide bonds. The smallest absolute Gasteiger partial charge is 0.320 e. The summed E-state index contributed by atoms with van der Waals surface area (Å²) in [7, 11) is 1.86.